The van der Waals surface area contributed by atoms with Gasteiger partial charge in [-0.1, -0.05) is 11.6 Å². The Kier molecular flexibility index (Phi) is 3.20. The summed E-state index contributed by atoms with van der Waals surface area (Å²) >= 11 is 5.83. The Morgan fingerprint density at radius 3 is 2.83 bits per heavy atom. The predicted molar refractivity (Wildman–Crippen MR) is 68.3 cm³/mol. The van der Waals surface area contributed by atoms with Crippen molar-refractivity contribution < 1.29 is 4.74 Å². The quantitative estimate of drug-likeness (QED) is 0.655. The Bertz CT molecular complexity index is 607. The lowest BCUT2D eigenvalue weighted by Crippen LogP contribution is -2.13. The third-order valence-corrected chi connectivity index (χ3v) is 2.54. The molecule has 0 spiro atoms. The van der Waals surface area contributed by atoms with Crippen molar-refractivity contribution in [2.45, 2.75) is 6.92 Å². The maximum atomic E-state index is 7.54. The Balaban J connectivity index is 2.43. The van der Waals surface area contributed by atoms with Crippen molar-refractivity contribution in [3.63, 3.8) is 0 Å². The molecule has 0 fully saturated rings. The van der Waals surface area contributed by atoms with Gasteiger partial charge in [0.2, 0.25) is 5.88 Å². The van der Waals surface area contributed by atoms with Gasteiger partial charge in [-0.3, -0.25) is 10.4 Å². The van der Waals surface area contributed by atoms with E-state index in [4.69, 9.17) is 27.5 Å². The van der Waals surface area contributed by atoms with E-state index in [-0.39, 0.29) is 5.84 Å². The number of amidine groups is 1. The second-order valence-electron chi connectivity index (χ2n) is 3.74. The Morgan fingerprint density at radius 2 is 2.22 bits per heavy atom. The topological polar surface area (TPSA) is 89.8 Å². The zero-order chi connectivity index (χ0) is 13.3. The van der Waals surface area contributed by atoms with E-state index in [2.05, 4.69) is 10.1 Å². The van der Waals surface area contributed by atoms with Gasteiger partial charge >= 0.3 is 0 Å². The van der Waals surface area contributed by atoms with E-state index in [1.54, 1.807) is 20.0 Å². The van der Waals surface area contributed by atoms with Crippen molar-refractivity contribution in [1.29, 1.82) is 5.41 Å². The van der Waals surface area contributed by atoms with Crippen LogP contribution in [0.2, 0.25) is 5.02 Å². The molecule has 0 amide bonds. The molecule has 3 N–H and O–H groups in total. The predicted octanol–water partition coefficient (Wildman–Crippen LogP) is 1.85. The van der Waals surface area contributed by atoms with Crippen LogP contribution in [-0.2, 0) is 7.05 Å². The number of aryl methyl sites for hydroxylation is 2. The smallest absolute Gasteiger partial charge is 0.228 e. The molecule has 7 heteroatoms. The maximum absolute atomic E-state index is 7.54. The summed E-state index contributed by atoms with van der Waals surface area (Å²) in [4.78, 5) is 3.92. The van der Waals surface area contributed by atoms with Crippen LogP contribution in [0, 0.1) is 12.3 Å². The molecule has 0 aromatic carbocycles. The molecular formula is C11H12ClN5O. The van der Waals surface area contributed by atoms with Gasteiger partial charge in [0.1, 0.15) is 17.1 Å². The number of rotatable bonds is 3. The first-order valence-electron chi connectivity index (χ1n) is 5.15. The molecule has 2 aromatic rings. The fourth-order valence-electron chi connectivity index (χ4n) is 1.62. The summed E-state index contributed by atoms with van der Waals surface area (Å²) in [6, 6.07) is 1.63. The lowest BCUT2D eigenvalue weighted by molar-refractivity contribution is 0.428. The largest absolute Gasteiger partial charge is 0.437 e. The molecule has 0 aliphatic rings. The summed E-state index contributed by atoms with van der Waals surface area (Å²) in [5, 5.41) is 12.2. The molecule has 0 bridgehead atoms. The number of aromatic nitrogens is 3. The Morgan fingerprint density at radius 1 is 1.50 bits per heavy atom. The van der Waals surface area contributed by atoms with Gasteiger partial charge in [0.05, 0.1) is 16.9 Å². The van der Waals surface area contributed by atoms with E-state index in [1.165, 1.54) is 17.1 Å². The third kappa shape index (κ3) is 2.28. The third-order valence-electron chi connectivity index (χ3n) is 2.33. The Hall–Kier alpha value is -2.08. The summed E-state index contributed by atoms with van der Waals surface area (Å²) in [6.07, 6.45) is 3.03. The molecule has 0 unspecified atom stereocenters. The van der Waals surface area contributed by atoms with Gasteiger partial charge in [-0.05, 0) is 6.92 Å². The molecule has 6 nitrogen and oxygen atoms in total. The monoisotopic (exact) mass is 265 g/mol. The van der Waals surface area contributed by atoms with Crippen molar-refractivity contribution in [2.24, 2.45) is 12.8 Å². The zero-order valence-corrected chi connectivity index (χ0v) is 10.7. The highest BCUT2D eigenvalue weighted by molar-refractivity contribution is 6.30. The summed E-state index contributed by atoms with van der Waals surface area (Å²) in [7, 11) is 1.72. The highest BCUT2D eigenvalue weighted by Crippen LogP contribution is 2.27. The normalized spacial score (nSPS) is 10.4. The van der Waals surface area contributed by atoms with Crippen LogP contribution in [0.1, 0.15) is 11.3 Å². The summed E-state index contributed by atoms with van der Waals surface area (Å²) in [5.41, 5.74) is 6.62. The van der Waals surface area contributed by atoms with E-state index < -0.39 is 0 Å². The van der Waals surface area contributed by atoms with E-state index in [9.17, 15) is 0 Å². The average molecular weight is 266 g/mol. The van der Waals surface area contributed by atoms with Crippen LogP contribution in [-0.4, -0.2) is 20.6 Å². The molecule has 18 heavy (non-hydrogen) atoms. The maximum Gasteiger partial charge on any atom is 0.228 e. The molecule has 0 saturated heterocycles. The van der Waals surface area contributed by atoms with Gasteiger partial charge in [-0.25, -0.2) is 4.68 Å². The van der Waals surface area contributed by atoms with Gasteiger partial charge < -0.3 is 10.5 Å². The van der Waals surface area contributed by atoms with Gasteiger partial charge in [0.15, 0.2) is 0 Å². The van der Waals surface area contributed by atoms with Gasteiger partial charge in [-0.2, -0.15) is 5.10 Å². The van der Waals surface area contributed by atoms with Crippen LogP contribution in [0.3, 0.4) is 0 Å². The van der Waals surface area contributed by atoms with Crippen LogP contribution >= 0.6 is 11.6 Å². The number of pyridine rings is 1. The average Bonchev–Trinajstić information content (AvgIpc) is 2.53. The van der Waals surface area contributed by atoms with E-state index in [0.717, 1.165) is 0 Å². The van der Waals surface area contributed by atoms with Crippen molar-refractivity contribution in [1.82, 2.24) is 14.8 Å². The van der Waals surface area contributed by atoms with Gasteiger partial charge in [0.25, 0.3) is 0 Å². The second kappa shape index (κ2) is 4.66. The molecule has 94 valence electrons. The lowest BCUT2D eigenvalue weighted by atomic mass is 10.2. The number of ether oxygens (including phenoxy) is 1. The minimum Gasteiger partial charge on any atom is -0.437 e. The number of nitrogen functional groups attached to an aromatic ring is 1. The first kappa shape index (κ1) is 12.4. The standard InChI is InChI=1S/C11H12ClN5O/c1-6-9(10(13)14)11(17(2)16-6)18-8-3-7(12)4-15-5-8/h3-5H,1-2H3,(H3,13,14). The first-order valence-corrected chi connectivity index (χ1v) is 5.53. The number of nitrogens with zero attached hydrogens (tertiary/aromatic N) is 3. The SMILES string of the molecule is Cc1nn(C)c(Oc2cncc(Cl)c2)c1C(=N)N. The number of hydrogen-bond donors (Lipinski definition) is 2. The molecule has 0 aliphatic carbocycles. The van der Waals surface area contributed by atoms with E-state index in [0.29, 0.717) is 27.9 Å². The number of nitrogens with one attached hydrogen (secondary N) is 1. The summed E-state index contributed by atoms with van der Waals surface area (Å²) < 4.78 is 7.16. The fraction of sp³-hybridized carbons (Fsp3) is 0.182. The van der Waals surface area contributed by atoms with Crippen LogP contribution in [0.15, 0.2) is 18.5 Å². The summed E-state index contributed by atoms with van der Waals surface area (Å²) in [6.45, 7) is 1.76. The molecule has 2 heterocycles. The number of halogens is 1. The molecule has 0 atom stereocenters. The molecule has 0 saturated carbocycles. The van der Waals surface area contributed by atoms with Crippen molar-refractivity contribution in [2.75, 3.05) is 0 Å². The fourth-order valence-corrected chi connectivity index (χ4v) is 1.79. The molecule has 0 radical (unpaired) electrons. The van der Waals surface area contributed by atoms with Crippen molar-refractivity contribution >= 4 is 17.4 Å². The second-order valence-corrected chi connectivity index (χ2v) is 4.18. The summed E-state index contributed by atoms with van der Waals surface area (Å²) in [5.74, 6) is 0.766. The van der Waals surface area contributed by atoms with Gasteiger partial charge in [0, 0.05) is 19.3 Å². The minimum atomic E-state index is -0.0920. The molecule has 2 aromatic heterocycles. The lowest BCUT2D eigenvalue weighted by Gasteiger charge is -2.07. The van der Waals surface area contributed by atoms with Crippen LogP contribution in [0.5, 0.6) is 11.6 Å². The van der Waals surface area contributed by atoms with Crippen LogP contribution in [0.4, 0.5) is 0 Å². The molecule has 2 rings (SSSR count). The van der Waals surface area contributed by atoms with Crippen LogP contribution < -0.4 is 10.5 Å². The Labute approximate surface area is 109 Å². The van der Waals surface area contributed by atoms with Crippen molar-refractivity contribution in [3.8, 4) is 11.6 Å². The highest BCUT2D eigenvalue weighted by Gasteiger charge is 2.18. The van der Waals surface area contributed by atoms with Crippen LogP contribution in [0.25, 0.3) is 0 Å². The van der Waals surface area contributed by atoms with Crippen molar-refractivity contribution in [3.05, 3.63) is 34.7 Å². The number of nitrogens with two attached hydrogens (primary N) is 1. The van der Waals surface area contributed by atoms with E-state index in [1.807, 2.05) is 0 Å². The number of hydrogen-bond acceptors (Lipinski definition) is 4. The molecule has 0 aliphatic heterocycles. The highest BCUT2D eigenvalue weighted by atomic mass is 35.5. The minimum absolute atomic E-state index is 0.0920. The molecular weight excluding hydrogens is 254 g/mol. The van der Waals surface area contributed by atoms with Gasteiger partial charge in [-0.15, -0.1) is 0 Å². The first-order chi connectivity index (χ1) is 8.49. The van der Waals surface area contributed by atoms with E-state index >= 15 is 0 Å². The zero-order valence-electron chi connectivity index (χ0n) is 9.94.